The zero-order valence-electron chi connectivity index (χ0n) is 10.7. The Kier molecular flexibility index (Phi) is 5.82. The summed E-state index contributed by atoms with van der Waals surface area (Å²) in [6, 6.07) is 7.09. The van der Waals surface area contributed by atoms with E-state index in [1.54, 1.807) is 24.3 Å². The number of benzene rings is 1. The van der Waals surface area contributed by atoms with Crippen LogP contribution in [0.1, 0.15) is 18.4 Å². The predicted octanol–water partition coefficient (Wildman–Crippen LogP) is 2.41. The fourth-order valence-corrected chi connectivity index (χ4v) is 2.74. The van der Waals surface area contributed by atoms with Crippen LogP contribution in [0.4, 0.5) is 0 Å². The van der Waals surface area contributed by atoms with Gasteiger partial charge in [0.15, 0.2) is 0 Å². The van der Waals surface area contributed by atoms with Gasteiger partial charge in [-0.05, 0) is 30.9 Å². The summed E-state index contributed by atoms with van der Waals surface area (Å²) in [5, 5.41) is 9.70. The highest BCUT2D eigenvalue weighted by Gasteiger charge is 2.19. The number of hydrogen-bond donors (Lipinski definition) is 1. The highest BCUT2D eigenvalue weighted by Crippen LogP contribution is 2.21. The van der Waals surface area contributed by atoms with E-state index in [-0.39, 0.29) is 5.75 Å². The third-order valence-corrected chi connectivity index (χ3v) is 4.24. The molecule has 0 aliphatic carbocycles. The van der Waals surface area contributed by atoms with Crippen molar-refractivity contribution >= 4 is 27.4 Å². The summed E-state index contributed by atoms with van der Waals surface area (Å²) in [4.78, 5) is 11.2. The molecule has 0 radical (unpaired) electrons. The molecule has 0 heterocycles. The Balaban J connectivity index is 2.64. The largest absolute Gasteiger partial charge is 0.481 e. The van der Waals surface area contributed by atoms with Gasteiger partial charge in [0, 0.05) is 17.0 Å². The second kappa shape index (κ2) is 6.91. The molecule has 0 saturated heterocycles. The molecular weight excluding hydrogens is 288 g/mol. The summed E-state index contributed by atoms with van der Waals surface area (Å²) in [7, 11) is -3.05. The highest BCUT2D eigenvalue weighted by molar-refractivity contribution is 7.90. The fraction of sp³-hybridized carbons (Fsp3) is 0.462. The number of carbonyl (C=O) groups is 1. The van der Waals surface area contributed by atoms with Crippen molar-refractivity contribution < 1.29 is 18.3 Å². The molecule has 1 unspecified atom stereocenters. The number of aliphatic carboxylic acids is 1. The summed E-state index contributed by atoms with van der Waals surface area (Å²) in [6.07, 6.45) is 2.14. The van der Waals surface area contributed by atoms with E-state index in [0.29, 0.717) is 24.3 Å². The molecule has 1 N–H and O–H groups in total. The molecule has 0 aromatic heterocycles. The van der Waals surface area contributed by atoms with Crippen molar-refractivity contribution in [1.82, 2.24) is 0 Å². The summed E-state index contributed by atoms with van der Waals surface area (Å²) in [6.45, 7) is 0. The Morgan fingerprint density at radius 1 is 1.37 bits per heavy atom. The van der Waals surface area contributed by atoms with Crippen LogP contribution in [-0.2, 0) is 21.1 Å². The molecule has 0 spiro atoms. The van der Waals surface area contributed by atoms with E-state index in [1.807, 2.05) is 0 Å². The van der Waals surface area contributed by atoms with Gasteiger partial charge < -0.3 is 5.11 Å². The predicted molar refractivity (Wildman–Crippen MR) is 75.2 cm³/mol. The van der Waals surface area contributed by atoms with Gasteiger partial charge in [-0.1, -0.05) is 29.8 Å². The minimum atomic E-state index is -3.05. The van der Waals surface area contributed by atoms with Crippen LogP contribution in [0, 0.1) is 5.92 Å². The van der Waals surface area contributed by atoms with Crippen LogP contribution in [0.2, 0.25) is 5.02 Å². The first kappa shape index (κ1) is 16.0. The molecule has 1 atom stereocenters. The number of carboxylic acid groups (broad SMARTS) is 1. The van der Waals surface area contributed by atoms with Gasteiger partial charge in [0.1, 0.15) is 9.84 Å². The van der Waals surface area contributed by atoms with Crippen molar-refractivity contribution in [3.63, 3.8) is 0 Å². The number of halogens is 1. The lowest BCUT2D eigenvalue weighted by molar-refractivity contribution is -0.141. The Morgan fingerprint density at radius 3 is 2.53 bits per heavy atom. The molecule has 0 aliphatic rings. The third-order valence-electron chi connectivity index (χ3n) is 2.84. The summed E-state index contributed by atoms with van der Waals surface area (Å²) < 4.78 is 22.1. The molecule has 0 saturated carbocycles. The third kappa shape index (κ3) is 6.07. The molecule has 1 aromatic rings. The molecule has 106 valence electrons. The Morgan fingerprint density at radius 2 is 2.00 bits per heavy atom. The molecule has 1 rings (SSSR count). The SMILES string of the molecule is CS(=O)(=O)CCCC(Cc1ccccc1Cl)C(=O)O. The summed E-state index contributed by atoms with van der Waals surface area (Å²) in [5.41, 5.74) is 0.774. The van der Waals surface area contributed by atoms with E-state index in [2.05, 4.69) is 0 Å². The topological polar surface area (TPSA) is 71.4 Å². The van der Waals surface area contributed by atoms with Crippen molar-refractivity contribution in [1.29, 1.82) is 0 Å². The van der Waals surface area contributed by atoms with Gasteiger partial charge in [-0.15, -0.1) is 0 Å². The quantitative estimate of drug-likeness (QED) is 0.839. The zero-order valence-corrected chi connectivity index (χ0v) is 12.2. The monoisotopic (exact) mass is 304 g/mol. The van der Waals surface area contributed by atoms with E-state index in [1.165, 1.54) is 0 Å². The van der Waals surface area contributed by atoms with Gasteiger partial charge in [-0.2, -0.15) is 0 Å². The number of rotatable bonds is 7. The maximum Gasteiger partial charge on any atom is 0.306 e. The maximum atomic E-state index is 11.2. The van der Waals surface area contributed by atoms with Crippen molar-refractivity contribution in [3.05, 3.63) is 34.9 Å². The molecule has 0 fully saturated rings. The van der Waals surface area contributed by atoms with E-state index < -0.39 is 21.7 Å². The van der Waals surface area contributed by atoms with Crippen molar-refractivity contribution in [2.24, 2.45) is 5.92 Å². The lowest BCUT2D eigenvalue weighted by atomic mass is 9.95. The number of hydrogen-bond acceptors (Lipinski definition) is 3. The molecule has 0 aliphatic heterocycles. The van der Waals surface area contributed by atoms with Crippen LogP contribution in [0.15, 0.2) is 24.3 Å². The van der Waals surface area contributed by atoms with E-state index in [4.69, 9.17) is 16.7 Å². The lowest BCUT2D eigenvalue weighted by Gasteiger charge is -2.13. The standard InChI is InChI=1S/C13H17ClO4S/c1-19(17,18)8-4-6-11(13(15)16)9-10-5-2-3-7-12(10)14/h2-3,5,7,11H,4,6,8-9H2,1H3,(H,15,16). The van der Waals surface area contributed by atoms with Crippen LogP contribution in [-0.4, -0.2) is 31.5 Å². The first-order chi connectivity index (χ1) is 8.79. The zero-order chi connectivity index (χ0) is 14.5. The van der Waals surface area contributed by atoms with Crippen molar-refractivity contribution in [2.75, 3.05) is 12.0 Å². The Labute approximate surface area is 118 Å². The fourth-order valence-electron chi connectivity index (χ4n) is 1.83. The second-order valence-electron chi connectivity index (χ2n) is 4.60. The Hall–Kier alpha value is -1.07. The van der Waals surface area contributed by atoms with E-state index in [9.17, 15) is 13.2 Å². The number of carboxylic acids is 1. The van der Waals surface area contributed by atoms with Crippen LogP contribution in [0.25, 0.3) is 0 Å². The summed E-state index contributed by atoms with van der Waals surface area (Å²) in [5.74, 6) is -1.52. The van der Waals surface area contributed by atoms with Gasteiger partial charge in [0.25, 0.3) is 0 Å². The van der Waals surface area contributed by atoms with Gasteiger partial charge in [0.2, 0.25) is 0 Å². The van der Waals surface area contributed by atoms with Crippen LogP contribution in [0.3, 0.4) is 0 Å². The molecule has 4 nitrogen and oxygen atoms in total. The van der Waals surface area contributed by atoms with Gasteiger partial charge in [-0.3, -0.25) is 4.79 Å². The second-order valence-corrected chi connectivity index (χ2v) is 7.27. The van der Waals surface area contributed by atoms with E-state index in [0.717, 1.165) is 11.8 Å². The molecule has 1 aromatic carbocycles. The highest BCUT2D eigenvalue weighted by atomic mass is 35.5. The van der Waals surface area contributed by atoms with Crippen LogP contribution in [0.5, 0.6) is 0 Å². The molecule has 6 heteroatoms. The van der Waals surface area contributed by atoms with Crippen LogP contribution >= 0.6 is 11.6 Å². The molecule has 19 heavy (non-hydrogen) atoms. The molecule has 0 amide bonds. The average Bonchev–Trinajstić information content (AvgIpc) is 2.28. The Bertz CT molecular complexity index is 539. The molecular formula is C13H17ClO4S. The minimum absolute atomic E-state index is 0.0132. The minimum Gasteiger partial charge on any atom is -0.481 e. The average molecular weight is 305 g/mol. The van der Waals surface area contributed by atoms with Crippen molar-refractivity contribution in [2.45, 2.75) is 19.3 Å². The first-order valence-electron chi connectivity index (χ1n) is 5.93. The van der Waals surface area contributed by atoms with Gasteiger partial charge in [0.05, 0.1) is 5.92 Å². The maximum absolute atomic E-state index is 11.2. The smallest absolute Gasteiger partial charge is 0.306 e. The first-order valence-corrected chi connectivity index (χ1v) is 8.37. The van der Waals surface area contributed by atoms with Gasteiger partial charge >= 0.3 is 5.97 Å². The molecule has 0 bridgehead atoms. The van der Waals surface area contributed by atoms with Crippen LogP contribution < -0.4 is 0 Å². The normalized spacial score (nSPS) is 13.2. The van der Waals surface area contributed by atoms with E-state index >= 15 is 0 Å². The summed E-state index contributed by atoms with van der Waals surface area (Å²) >= 11 is 5.99. The lowest BCUT2D eigenvalue weighted by Crippen LogP contribution is -2.18. The van der Waals surface area contributed by atoms with Gasteiger partial charge in [-0.25, -0.2) is 8.42 Å². The number of sulfone groups is 1. The van der Waals surface area contributed by atoms with Crippen molar-refractivity contribution in [3.8, 4) is 0 Å².